The standard InChI is InChI=1S/C11H21NO3/c1-10(2,8(12)13)6-7-11(3,4)9(14)15-5/h6-7H2,1-5H3,(H2,12,13). The van der Waals surface area contributed by atoms with Gasteiger partial charge < -0.3 is 10.5 Å². The second-order valence-corrected chi connectivity index (χ2v) is 5.12. The molecule has 0 unspecified atom stereocenters. The summed E-state index contributed by atoms with van der Waals surface area (Å²) in [6, 6.07) is 0. The first-order chi connectivity index (χ1) is 6.63. The zero-order valence-corrected chi connectivity index (χ0v) is 10.2. The van der Waals surface area contributed by atoms with Gasteiger partial charge in [0, 0.05) is 5.41 Å². The van der Waals surface area contributed by atoms with Crippen molar-refractivity contribution in [1.29, 1.82) is 0 Å². The lowest BCUT2D eigenvalue weighted by Gasteiger charge is -2.27. The fraction of sp³-hybridized carbons (Fsp3) is 0.818. The molecule has 0 aromatic rings. The largest absolute Gasteiger partial charge is 0.469 e. The number of rotatable bonds is 5. The summed E-state index contributed by atoms with van der Waals surface area (Å²) in [5.74, 6) is -0.606. The van der Waals surface area contributed by atoms with Crippen molar-refractivity contribution >= 4 is 11.9 Å². The number of nitrogens with two attached hydrogens (primary N) is 1. The van der Waals surface area contributed by atoms with E-state index in [9.17, 15) is 9.59 Å². The Labute approximate surface area is 91.2 Å². The van der Waals surface area contributed by atoms with Gasteiger partial charge in [0.2, 0.25) is 5.91 Å². The van der Waals surface area contributed by atoms with E-state index in [4.69, 9.17) is 5.73 Å². The van der Waals surface area contributed by atoms with Crippen LogP contribution in [0.2, 0.25) is 0 Å². The van der Waals surface area contributed by atoms with Crippen LogP contribution in [0.25, 0.3) is 0 Å². The summed E-state index contributed by atoms with van der Waals surface area (Å²) in [6.45, 7) is 7.16. The number of carbonyl (C=O) groups excluding carboxylic acids is 2. The molecular formula is C11H21NO3. The monoisotopic (exact) mass is 215 g/mol. The molecule has 0 aromatic heterocycles. The van der Waals surface area contributed by atoms with Gasteiger partial charge in [-0.2, -0.15) is 0 Å². The smallest absolute Gasteiger partial charge is 0.311 e. The maximum atomic E-state index is 11.4. The van der Waals surface area contributed by atoms with E-state index in [1.54, 1.807) is 27.7 Å². The van der Waals surface area contributed by atoms with Gasteiger partial charge in [0.1, 0.15) is 0 Å². The molecule has 0 fully saturated rings. The number of amides is 1. The van der Waals surface area contributed by atoms with Crippen LogP contribution in [0.3, 0.4) is 0 Å². The summed E-state index contributed by atoms with van der Waals surface area (Å²) < 4.78 is 4.69. The summed E-state index contributed by atoms with van der Waals surface area (Å²) >= 11 is 0. The summed E-state index contributed by atoms with van der Waals surface area (Å²) in [7, 11) is 1.36. The van der Waals surface area contributed by atoms with Crippen LogP contribution in [0.5, 0.6) is 0 Å². The van der Waals surface area contributed by atoms with Gasteiger partial charge in [-0.15, -0.1) is 0 Å². The molecule has 1 amide bonds. The third-order valence-electron chi connectivity index (χ3n) is 2.78. The molecule has 88 valence electrons. The Hall–Kier alpha value is -1.06. The molecular weight excluding hydrogens is 194 g/mol. The second-order valence-electron chi connectivity index (χ2n) is 5.12. The normalized spacial score (nSPS) is 12.3. The number of carbonyl (C=O) groups is 2. The van der Waals surface area contributed by atoms with Crippen LogP contribution >= 0.6 is 0 Å². The fourth-order valence-corrected chi connectivity index (χ4v) is 1.13. The summed E-state index contributed by atoms with van der Waals surface area (Å²) in [6.07, 6.45) is 1.15. The summed E-state index contributed by atoms with van der Waals surface area (Å²) in [4.78, 5) is 22.5. The highest BCUT2D eigenvalue weighted by atomic mass is 16.5. The Morgan fingerprint density at radius 1 is 1.07 bits per heavy atom. The molecule has 0 saturated carbocycles. The maximum absolute atomic E-state index is 11.4. The SMILES string of the molecule is COC(=O)C(C)(C)CCC(C)(C)C(N)=O. The highest BCUT2D eigenvalue weighted by Gasteiger charge is 2.33. The molecule has 15 heavy (non-hydrogen) atoms. The van der Waals surface area contributed by atoms with Crippen LogP contribution in [0.15, 0.2) is 0 Å². The number of ether oxygens (including phenoxy) is 1. The minimum Gasteiger partial charge on any atom is -0.469 e. The number of esters is 1. The lowest BCUT2D eigenvalue weighted by molar-refractivity contribution is -0.151. The molecule has 4 heteroatoms. The van der Waals surface area contributed by atoms with Crippen LogP contribution in [-0.2, 0) is 14.3 Å². The highest BCUT2D eigenvalue weighted by molar-refractivity contribution is 5.80. The van der Waals surface area contributed by atoms with Gasteiger partial charge in [-0.25, -0.2) is 0 Å². The van der Waals surface area contributed by atoms with Gasteiger partial charge in [-0.05, 0) is 26.7 Å². The first-order valence-electron chi connectivity index (χ1n) is 5.02. The first-order valence-corrected chi connectivity index (χ1v) is 5.02. The predicted octanol–water partition coefficient (Wildman–Crippen LogP) is 1.48. The van der Waals surface area contributed by atoms with E-state index < -0.39 is 10.8 Å². The van der Waals surface area contributed by atoms with Gasteiger partial charge in [0.15, 0.2) is 0 Å². The molecule has 0 heterocycles. The van der Waals surface area contributed by atoms with Gasteiger partial charge in [0.05, 0.1) is 12.5 Å². The minimum atomic E-state index is -0.578. The van der Waals surface area contributed by atoms with E-state index in [0.717, 1.165) is 0 Å². The Bertz CT molecular complexity index is 257. The van der Waals surface area contributed by atoms with Crippen molar-refractivity contribution in [3.05, 3.63) is 0 Å². The third-order valence-corrected chi connectivity index (χ3v) is 2.78. The zero-order valence-electron chi connectivity index (χ0n) is 10.2. The third kappa shape index (κ3) is 3.90. The average Bonchev–Trinajstić information content (AvgIpc) is 2.13. The van der Waals surface area contributed by atoms with E-state index in [-0.39, 0.29) is 11.9 Å². The van der Waals surface area contributed by atoms with E-state index >= 15 is 0 Å². The Balaban J connectivity index is 4.39. The van der Waals surface area contributed by atoms with Crippen molar-refractivity contribution < 1.29 is 14.3 Å². The molecule has 4 nitrogen and oxygen atoms in total. The van der Waals surface area contributed by atoms with E-state index in [0.29, 0.717) is 12.8 Å². The van der Waals surface area contributed by atoms with E-state index in [2.05, 4.69) is 4.74 Å². The lowest BCUT2D eigenvalue weighted by atomic mass is 9.78. The number of hydrogen-bond acceptors (Lipinski definition) is 3. The molecule has 0 aliphatic carbocycles. The topological polar surface area (TPSA) is 69.4 Å². The molecule has 2 N–H and O–H groups in total. The van der Waals surface area contributed by atoms with Gasteiger partial charge in [-0.1, -0.05) is 13.8 Å². The number of hydrogen-bond donors (Lipinski definition) is 1. The van der Waals surface area contributed by atoms with Crippen molar-refractivity contribution in [2.24, 2.45) is 16.6 Å². The van der Waals surface area contributed by atoms with Crippen LogP contribution < -0.4 is 5.73 Å². The number of primary amides is 1. The van der Waals surface area contributed by atoms with E-state index in [1.165, 1.54) is 7.11 Å². The summed E-state index contributed by atoms with van der Waals surface area (Å²) in [5.41, 5.74) is 4.11. The molecule has 0 radical (unpaired) electrons. The first kappa shape index (κ1) is 13.9. The number of methoxy groups -OCH3 is 1. The van der Waals surface area contributed by atoms with Gasteiger partial charge in [0.25, 0.3) is 0 Å². The van der Waals surface area contributed by atoms with Crippen molar-refractivity contribution in [3.8, 4) is 0 Å². The maximum Gasteiger partial charge on any atom is 0.311 e. The molecule has 0 aliphatic rings. The Morgan fingerprint density at radius 3 is 1.80 bits per heavy atom. The molecule has 0 spiro atoms. The van der Waals surface area contributed by atoms with Gasteiger partial charge in [-0.3, -0.25) is 9.59 Å². The Morgan fingerprint density at radius 2 is 1.47 bits per heavy atom. The van der Waals surface area contributed by atoms with Crippen molar-refractivity contribution in [1.82, 2.24) is 0 Å². The molecule has 0 rings (SSSR count). The van der Waals surface area contributed by atoms with Crippen LogP contribution in [-0.4, -0.2) is 19.0 Å². The van der Waals surface area contributed by atoms with Crippen molar-refractivity contribution in [3.63, 3.8) is 0 Å². The van der Waals surface area contributed by atoms with Crippen molar-refractivity contribution in [2.75, 3.05) is 7.11 Å². The molecule has 0 aromatic carbocycles. The Kier molecular flexibility index (Phi) is 4.31. The zero-order chi connectivity index (χ0) is 12.3. The highest BCUT2D eigenvalue weighted by Crippen LogP contribution is 2.31. The predicted molar refractivity (Wildman–Crippen MR) is 58.0 cm³/mol. The molecule has 0 bridgehead atoms. The van der Waals surface area contributed by atoms with Crippen LogP contribution in [0, 0.1) is 10.8 Å². The summed E-state index contributed by atoms with van der Waals surface area (Å²) in [5, 5.41) is 0. The van der Waals surface area contributed by atoms with Gasteiger partial charge >= 0.3 is 5.97 Å². The van der Waals surface area contributed by atoms with Crippen LogP contribution in [0.1, 0.15) is 40.5 Å². The second kappa shape index (κ2) is 4.64. The average molecular weight is 215 g/mol. The molecule has 0 aliphatic heterocycles. The lowest BCUT2D eigenvalue weighted by Crippen LogP contribution is -2.34. The molecule has 0 atom stereocenters. The molecule has 0 saturated heterocycles. The fourth-order valence-electron chi connectivity index (χ4n) is 1.13. The minimum absolute atomic E-state index is 0.261. The van der Waals surface area contributed by atoms with E-state index in [1.807, 2.05) is 0 Å². The van der Waals surface area contributed by atoms with Crippen LogP contribution in [0.4, 0.5) is 0 Å². The quantitative estimate of drug-likeness (QED) is 0.706. The van der Waals surface area contributed by atoms with Crippen molar-refractivity contribution in [2.45, 2.75) is 40.5 Å².